The molecule has 0 saturated carbocycles. The number of carbonyl (C=O) groups excluding carboxylic acids is 1. The van der Waals surface area contributed by atoms with Crippen LogP contribution in [0.2, 0.25) is 10.0 Å². The monoisotopic (exact) mass is 596 g/mol. The molecule has 3 atom stereocenters. The number of halogens is 3. The Morgan fingerprint density at radius 2 is 2.00 bits per heavy atom. The molecule has 3 fully saturated rings. The summed E-state index contributed by atoms with van der Waals surface area (Å²) in [6.07, 6.45) is 2.92. The van der Waals surface area contributed by atoms with Crippen molar-refractivity contribution in [2.24, 2.45) is 0 Å². The molecule has 0 aromatic heterocycles. The molecule has 0 bridgehead atoms. The molecule has 4 rings (SSSR count). The quantitative estimate of drug-likeness (QED) is 0.251. The molecule has 180 valence electrons. The van der Waals surface area contributed by atoms with E-state index in [4.69, 9.17) is 32.7 Å². The summed E-state index contributed by atoms with van der Waals surface area (Å²) >= 11 is 12.1. The van der Waals surface area contributed by atoms with Crippen molar-refractivity contribution in [3.05, 3.63) is 33.8 Å². The van der Waals surface area contributed by atoms with Gasteiger partial charge in [0.15, 0.2) is 0 Å². The van der Waals surface area contributed by atoms with Crippen molar-refractivity contribution in [3.8, 4) is 0 Å². The minimum atomic E-state index is -0.216. The van der Waals surface area contributed by atoms with Crippen molar-refractivity contribution in [2.45, 2.75) is 41.7 Å². The van der Waals surface area contributed by atoms with E-state index in [1.165, 1.54) is 25.9 Å². The van der Waals surface area contributed by atoms with E-state index in [0.717, 1.165) is 31.8 Å². The Morgan fingerprint density at radius 1 is 1.22 bits per heavy atom. The van der Waals surface area contributed by atoms with Gasteiger partial charge in [0, 0.05) is 0 Å². The van der Waals surface area contributed by atoms with Crippen LogP contribution in [-0.4, -0.2) is 94.0 Å². The first kappa shape index (κ1) is 24.9. The Balaban J connectivity index is 1.58. The Bertz CT molecular complexity index is 811. The number of methoxy groups -OCH3 is 1. The zero-order valence-corrected chi connectivity index (χ0v) is 22.5. The molecule has 1 aromatic rings. The third-order valence-corrected chi connectivity index (χ3v) is 11.1. The molecular weight excluding hydrogens is 564 g/mol. The number of carbonyl (C=O) groups is 1. The molecule has 6 nitrogen and oxygen atoms in total. The number of rotatable bonds is 7. The minimum absolute atomic E-state index is 0.158. The van der Waals surface area contributed by atoms with E-state index >= 15 is 0 Å². The van der Waals surface area contributed by atoms with Crippen molar-refractivity contribution >= 4 is 29.1 Å². The number of amides is 1. The van der Waals surface area contributed by atoms with Gasteiger partial charge >= 0.3 is 213 Å². The average Bonchev–Trinajstić information content (AvgIpc) is 3.27. The summed E-state index contributed by atoms with van der Waals surface area (Å²) in [5.74, 6) is 0.170. The number of piperazine rings is 1. The summed E-state index contributed by atoms with van der Waals surface area (Å²) in [6.45, 7) is 9.19. The van der Waals surface area contributed by atoms with Crippen molar-refractivity contribution in [1.82, 2.24) is 12.9 Å². The van der Waals surface area contributed by atoms with Gasteiger partial charge in [-0.1, -0.05) is 0 Å². The second-order valence-corrected chi connectivity index (χ2v) is 13.4. The number of fused-ring (bicyclic) bond motifs is 1. The van der Waals surface area contributed by atoms with Gasteiger partial charge < -0.3 is 0 Å². The van der Waals surface area contributed by atoms with E-state index in [0.29, 0.717) is 33.6 Å². The fraction of sp³-hybridized carbons (Fsp3) is 0.696. The number of alkyl halides is 1. The van der Waals surface area contributed by atoms with Crippen LogP contribution in [0.1, 0.15) is 25.3 Å². The maximum atomic E-state index is 13.6. The van der Waals surface area contributed by atoms with Crippen molar-refractivity contribution in [3.63, 3.8) is 0 Å². The van der Waals surface area contributed by atoms with E-state index in [1.807, 2.05) is 12.1 Å². The number of ether oxygens (including phenoxy) is 2. The van der Waals surface area contributed by atoms with Gasteiger partial charge in [-0.3, -0.25) is 0 Å². The number of hydrogen-bond acceptors (Lipinski definition) is 5. The third-order valence-electron chi connectivity index (χ3n) is 6.86. The summed E-state index contributed by atoms with van der Waals surface area (Å²) in [5, 5.41) is 1.01. The zero-order valence-electron chi connectivity index (χ0n) is 18.9. The Morgan fingerprint density at radius 3 is 2.72 bits per heavy atom. The summed E-state index contributed by atoms with van der Waals surface area (Å²) < 4.78 is 14.6. The van der Waals surface area contributed by atoms with Crippen LogP contribution in [0.25, 0.3) is 0 Å². The molecule has 0 aliphatic carbocycles. The van der Waals surface area contributed by atoms with Gasteiger partial charge in [0.05, 0.1) is 0 Å². The Kier molecular flexibility index (Phi) is 8.62. The van der Waals surface area contributed by atoms with E-state index in [1.54, 1.807) is 13.2 Å². The van der Waals surface area contributed by atoms with Gasteiger partial charge in [-0.15, -0.1) is 0 Å². The number of benzene rings is 1. The molecule has 3 aliphatic heterocycles. The molecule has 0 radical (unpaired) electrons. The predicted molar refractivity (Wildman–Crippen MR) is 123 cm³/mol. The fourth-order valence-corrected chi connectivity index (χ4v) is 9.64. The van der Waals surface area contributed by atoms with Crippen molar-refractivity contribution in [1.29, 1.82) is 0 Å². The molecule has 3 saturated heterocycles. The maximum absolute atomic E-state index is 13.6. The fourth-order valence-electron chi connectivity index (χ4n) is 5.19. The van der Waals surface area contributed by atoms with Gasteiger partial charge in [-0.05, 0) is 0 Å². The Hall–Kier alpha value is -0.160. The molecule has 9 heteroatoms. The summed E-state index contributed by atoms with van der Waals surface area (Å²) in [6, 6.07) is 5.65. The zero-order chi connectivity index (χ0) is 22.7. The Labute approximate surface area is 212 Å². The molecule has 1 aromatic carbocycles. The molecule has 3 heterocycles. The van der Waals surface area contributed by atoms with Gasteiger partial charge in [0.1, 0.15) is 0 Å². The predicted octanol–water partition coefficient (Wildman–Crippen LogP) is -0.0476. The van der Waals surface area contributed by atoms with Gasteiger partial charge in [-0.25, -0.2) is 0 Å². The molecule has 1 amide bonds. The van der Waals surface area contributed by atoms with Crippen LogP contribution in [0.15, 0.2) is 18.2 Å². The van der Waals surface area contributed by atoms with E-state index < -0.39 is 0 Å². The SMILES string of the molecule is COCCN1CCN(C(=O)Cc2ccc(Cl)c(Cl)c2)C2C([I-]N3CCCC3)COCC21C. The normalized spacial score (nSPS) is 29.4. The van der Waals surface area contributed by atoms with E-state index in [9.17, 15) is 4.79 Å². The first-order valence-corrected chi connectivity index (χ1v) is 14.3. The number of hydrogen-bond donors (Lipinski definition) is 0. The van der Waals surface area contributed by atoms with Crippen LogP contribution < -0.4 is 21.5 Å². The third kappa shape index (κ3) is 5.39. The standard InChI is InChI=1S/C23H33Cl2IN3O3/c1-23-16-32-15-20(26-28-7-3-4-8-28)22(23)29(10-9-27(23)11-12-31-2)21(30)14-17-5-6-18(24)19(25)13-17/h5-6,13,20,22H,3-4,7-12,14-16H2,1-2H3/q-1. The summed E-state index contributed by atoms with van der Waals surface area (Å²) in [7, 11) is 1.75. The molecule has 0 N–H and O–H groups in total. The second-order valence-electron chi connectivity index (χ2n) is 9.04. The van der Waals surface area contributed by atoms with Crippen molar-refractivity contribution in [2.75, 3.05) is 59.7 Å². The van der Waals surface area contributed by atoms with Crippen LogP contribution in [-0.2, 0) is 20.7 Å². The van der Waals surface area contributed by atoms with Crippen LogP contribution in [0.3, 0.4) is 0 Å². The van der Waals surface area contributed by atoms with Crippen LogP contribution in [0.4, 0.5) is 0 Å². The first-order chi connectivity index (χ1) is 15.4. The molecule has 3 unspecified atom stereocenters. The molecule has 0 spiro atoms. The van der Waals surface area contributed by atoms with Crippen LogP contribution in [0, 0.1) is 0 Å². The van der Waals surface area contributed by atoms with E-state index in [2.05, 4.69) is 19.8 Å². The van der Waals surface area contributed by atoms with Crippen LogP contribution >= 0.6 is 23.2 Å². The molecular formula is C23H33Cl2IN3O3-. The van der Waals surface area contributed by atoms with Gasteiger partial charge in [0.25, 0.3) is 0 Å². The molecule has 3 aliphatic rings. The molecule has 32 heavy (non-hydrogen) atoms. The van der Waals surface area contributed by atoms with Crippen molar-refractivity contribution < 1.29 is 35.7 Å². The van der Waals surface area contributed by atoms with Gasteiger partial charge in [-0.2, -0.15) is 0 Å². The number of nitrogens with zero attached hydrogens (tertiary/aromatic N) is 3. The first-order valence-electron chi connectivity index (χ1n) is 11.4. The second kappa shape index (κ2) is 11.1. The van der Waals surface area contributed by atoms with Gasteiger partial charge in [0.2, 0.25) is 0 Å². The summed E-state index contributed by atoms with van der Waals surface area (Å²) in [5.41, 5.74) is 0.706. The average molecular weight is 597 g/mol. The van der Waals surface area contributed by atoms with Crippen LogP contribution in [0.5, 0.6) is 0 Å². The van der Waals surface area contributed by atoms with E-state index in [-0.39, 0.29) is 39.0 Å². The summed E-state index contributed by atoms with van der Waals surface area (Å²) in [4.78, 5) is 18.3. The topological polar surface area (TPSA) is 45.2 Å².